The molecule has 0 saturated carbocycles. The van der Waals surface area contributed by atoms with Gasteiger partial charge in [0.1, 0.15) is 0 Å². The minimum Gasteiger partial charge on any atom is -0.345 e. The van der Waals surface area contributed by atoms with Crippen LogP contribution < -0.4 is 4.72 Å². The van der Waals surface area contributed by atoms with Crippen LogP contribution in [0.15, 0.2) is 47.6 Å². The van der Waals surface area contributed by atoms with Crippen LogP contribution in [0.5, 0.6) is 0 Å². The average molecular weight is 413 g/mol. The van der Waals surface area contributed by atoms with E-state index < -0.39 is 10.0 Å². The van der Waals surface area contributed by atoms with Gasteiger partial charge in [0.15, 0.2) is 0 Å². The quantitative estimate of drug-likeness (QED) is 0.689. The van der Waals surface area contributed by atoms with Gasteiger partial charge in [0, 0.05) is 24.7 Å². The zero-order valence-electron chi connectivity index (χ0n) is 16.5. The Labute approximate surface area is 170 Å². The van der Waals surface area contributed by atoms with Crippen LogP contribution in [-0.4, -0.2) is 48.3 Å². The van der Waals surface area contributed by atoms with Crippen molar-refractivity contribution in [1.82, 2.24) is 19.6 Å². The molecule has 0 spiro atoms. The van der Waals surface area contributed by atoms with Gasteiger partial charge in [-0.3, -0.25) is 4.79 Å². The van der Waals surface area contributed by atoms with E-state index in [2.05, 4.69) is 14.7 Å². The molecular formula is C21H24N4O3S. The zero-order chi connectivity index (χ0) is 20.6. The SMILES string of the molecule is Cc1ccc(C)c(S(=O)(=O)NC2CCN(C(=O)c3ccc4nc[nH]c4c3)CC2)c1. The fraction of sp³-hybridized carbons (Fsp3) is 0.333. The van der Waals surface area contributed by atoms with E-state index >= 15 is 0 Å². The zero-order valence-corrected chi connectivity index (χ0v) is 17.3. The molecule has 29 heavy (non-hydrogen) atoms. The Bertz CT molecular complexity index is 1160. The molecule has 0 radical (unpaired) electrons. The first-order valence-corrected chi connectivity index (χ1v) is 11.1. The van der Waals surface area contributed by atoms with Gasteiger partial charge in [0.05, 0.1) is 22.3 Å². The number of hydrogen-bond acceptors (Lipinski definition) is 4. The third-order valence-electron chi connectivity index (χ3n) is 5.40. The minimum atomic E-state index is -3.59. The number of nitrogens with one attached hydrogen (secondary N) is 2. The molecule has 0 unspecified atom stereocenters. The smallest absolute Gasteiger partial charge is 0.253 e. The van der Waals surface area contributed by atoms with E-state index in [-0.39, 0.29) is 11.9 Å². The number of aromatic amines is 1. The average Bonchev–Trinajstić information content (AvgIpc) is 3.17. The summed E-state index contributed by atoms with van der Waals surface area (Å²) in [5, 5.41) is 0. The molecular weight excluding hydrogens is 388 g/mol. The summed E-state index contributed by atoms with van der Waals surface area (Å²) < 4.78 is 28.4. The molecule has 4 rings (SSSR count). The number of benzene rings is 2. The van der Waals surface area contributed by atoms with Crippen molar-refractivity contribution < 1.29 is 13.2 Å². The van der Waals surface area contributed by atoms with Crippen molar-refractivity contribution in [2.75, 3.05) is 13.1 Å². The molecule has 1 saturated heterocycles. The maximum absolute atomic E-state index is 12.8. The van der Waals surface area contributed by atoms with Crippen molar-refractivity contribution in [3.63, 3.8) is 0 Å². The van der Waals surface area contributed by atoms with Gasteiger partial charge in [0.25, 0.3) is 5.91 Å². The molecule has 2 N–H and O–H groups in total. The number of carbonyl (C=O) groups excluding carboxylic acids is 1. The van der Waals surface area contributed by atoms with Gasteiger partial charge >= 0.3 is 0 Å². The lowest BCUT2D eigenvalue weighted by atomic mass is 10.0. The second-order valence-electron chi connectivity index (χ2n) is 7.59. The molecule has 152 valence electrons. The van der Waals surface area contributed by atoms with Gasteiger partial charge in [-0.25, -0.2) is 18.1 Å². The fourth-order valence-electron chi connectivity index (χ4n) is 3.73. The third kappa shape index (κ3) is 4.04. The van der Waals surface area contributed by atoms with Crippen LogP contribution in [0.2, 0.25) is 0 Å². The Hall–Kier alpha value is -2.71. The summed E-state index contributed by atoms with van der Waals surface area (Å²) in [6, 6.07) is 10.6. The number of imidazole rings is 1. The van der Waals surface area contributed by atoms with Gasteiger partial charge < -0.3 is 9.88 Å². The lowest BCUT2D eigenvalue weighted by Gasteiger charge is -2.32. The number of nitrogens with zero attached hydrogens (tertiary/aromatic N) is 2. The van der Waals surface area contributed by atoms with Gasteiger partial charge in [-0.2, -0.15) is 0 Å². The number of carbonyl (C=O) groups is 1. The number of fused-ring (bicyclic) bond motifs is 1. The van der Waals surface area contributed by atoms with Crippen LogP contribution in [0.25, 0.3) is 11.0 Å². The number of H-pyrrole nitrogens is 1. The summed E-state index contributed by atoms with van der Waals surface area (Å²) in [5.41, 5.74) is 3.89. The summed E-state index contributed by atoms with van der Waals surface area (Å²) in [6.45, 7) is 4.70. The Kier molecular flexibility index (Phi) is 5.14. The second kappa shape index (κ2) is 7.61. The van der Waals surface area contributed by atoms with Crippen molar-refractivity contribution in [2.24, 2.45) is 0 Å². The van der Waals surface area contributed by atoms with E-state index in [0.717, 1.165) is 22.2 Å². The first-order valence-electron chi connectivity index (χ1n) is 9.65. The lowest BCUT2D eigenvalue weighted by Crippen LogP contribution is -2.46. The van der Waals surface area contributed by atoms with Crippen LogP contribution >= 0.6 is 0 Å². The van der Waals surface area contributed by atoms with E-state index in [1.54, 1.807) is 36.4 Å². The highest BCUT2D eigenvalue weighted by Crippen LogP contribution is 2.21. The maximum atomic E-state index is 12.8. The van der Waals surface area contributed by atoms with Crippen LogP contribution in [0, 0.1) is 13.8 Å². The van der Waals surface area contributed by atoms with Crippen LogP contribution in [0.3, 0.4) is 0 Å². The molecule has 0 atom stereocenters. The van der Waals surface area contributed by atoms with E-state index in [9.17, 15) is 13.2 Å². The number of piperidine rings is 1. The van der Waals surface area contributed by atoms with Crippen molar-refractivity contribution in [1.29, 1.82) is 0 Å². The molecule has 0 bridgehead atoms. The number of likely N-dealkylation sites (tertiary alicyclic amines) is 1. The predicted octanol–water partition coefficient (Wildman–Crippen LogP) is 2.76. The summed E-state index contributed by atoms with van der Waals surface area (Å²) in [7, 11) is -3.59. The molecule has 2 aromatic carbocycles. The highest BCUT2D eigenvalue weighted by atomic mass is 32.2. The van der Waals surface area contributed by atoms with Crippen LogP contribution in [-0.2, 0) is 10.0 Å². The summed E-state index contributed by atoms with van der Waals surface area (Å²) in [6.07, 6.45) is 2.77. The van der Waals surface area contributed by atoms with Crippen molar-refractivity contribution in [2.45, 2.75) is 37.6 Å². The largest absolute Gasteiger partial charge is 0.345 e. The Balaban J connectivity index is 1.41. The molecule has 8 heteroatoms. The normalized spacial score (nSPS) is 15.7. The topological polar surface area (TPSA) is 95.2 Å². The van der Waals surface area contributed by atoms with Crippen molar-refractivity contribution in [3.05, 3.63) is 59.4 Å². The fourth-order valence-corrected chi connectivity index (χ4v) is 5.37. The lowest BCUT2D eigenvalue weighted by molar-refractivity contribution is 0.0711. The number of aromatic nitrogens is 2. The number of amides is 1. The monoisotopic (exact) mass is 412 g/mol. The first kappa shape index (κ1) is 19.6. The standard InChI is InChI=1S/C21H24N4O3S/c1-14-3-4-15(2)20(11-14)29(27,28)24-17-7-9-25(10-8-17)21(26)16-5-6-18-19(12-16)23-13-22-18/h3-6,11-13,17,24H,7-10H2,1-2H3,(H,22,23). The molecule has 1 aromatic heterocycles. The maximum Gasteiger partial charge on any atom is 0.253 e. The molecule has 7 nitrogen and oxygen atoms in total. The van der Waals surface area contributed by atoms with Crippen LogP contribution in [0.1, 0.15) is 34.3 Å². The van der Waals surface area contributed by atoms with Gasteiger partial charge in [-0.1, -0.05) is 12.1 Å². The number of aryl methyl sites for hydroxylation is 2. The van der Waals surface area contributed by atoms with Gasteiger partial charge in [-0.15, -0.1) is 0 Å². The number of rotatable bonds is 4. The van der Waals surface area contributed by atoms with Gasteiger partial charge in [0.2, 0.25) is 10.0 Å². The van der Waals surface area contributed by atoms with E-state index in [1.807, 2.05) is 25.1 Å². The van der Waals surface area contributed by atoms with E-state index in [0.29, 0.717) is 36.4 Å². The first-order chi connectivity index (χ1) is 13.8. The highest BCUT2D eigenvalue weighted by Gasteiger charge is 2.28. The molecule has 1 amide bonds. The summed E-state index contributed by atoms with van der Waals surface area (Å²) in [5.74, 6) is -0.0441. The number of sulfonamides is 1. The van der Waals surface area contributed by atoms with Crippen LogP contribution in [0.4, 0.5) is 0 Å². The van der Waals surface area contributed by atoms with E-state index in [1.165, 1.54) is 0 Å². The van der Waals surface area contributed by atoms with Gasteiger partial charge in [-0.05, 0) is 62.1 Å². The molecule has 1 aliphatic rings. The summed E-state index contributed by atoms with van der Waals surface area (Å²) in [4.78, 5) is 22.1. The van der Waals surface area contributed by atoms with Crippen molar-refractivity contribution >= 4 is 27.0 Å². The molecule has 0 aliphatic carbocycles. The molecule has 3 aromatic rings. The van der Waals surface area contributed by atoms with Crippen molar-refractivity contribution in [3.8, 4) is 0 Å². The molecule has 2 heterocycles. The van der Waals surface area contributed by atoms with E-state index in [4.69, 9.17) is 0 Å². The molecule has 1 aliphatic heterocycles. The molecule has 1 fully saturated rings. The minimum absolute atomic E-state index is 0.0441. The Morgan fingerprint density at radius 3 is 2.66 bits per heavy atom. The second-order valence-corrected chi connectivity index (χ2v) is 9.27. The Morgan fingerprint density at radius 1 is 1.14 bits per heavy atom. The third-order valence-corrected chi connectivity index (χ3v) is 7.07. The highest BCUT2D eigenvalue weighted by molar-refractivity contribution is 7.89. The Morgan fingerprint density at radius 2 is 1.90 bits per heavy atom. The predicted molar refractivity (Wildman–Crippen MR) is 111 cm³/mol. The summed E-state index contributed by atoms with van der Waals surface area (Å²) >= 11 is 0. The number of hydrogen-bond donors (Lipinski definition) is 2.